The molecule has 2 unspecified atom stereocenters. The minimum Gasteiger partial charge on any atom is -0.544 e. The number of hydrogen-bond donors (Lipinski definition) is 0. The number of quaternary nitrogens is 1. The van der Waals surface area contributed by atoms with E-state index in [1.165, 1.54) is 141 Å². The number of hydrogen-bond acceptors (Lipinski definition) is 7. The van der Waals surface area contributed by atoms with E-state index in [0.29, 0.717) is 12.8 Å². The quantitative estimate of drug-likeness (QED) is 0.0259. The Morgan fingerprint density at radius 3 is 1.21 bits per heavy atom. The molecule has 2 atom stereocenters. The van der Waals surface area contributed by atoms with E-state index in [0.717, 1.165) is 57.8 Å². The van der Waals surface area contributed by atoms with Gasteiger partial charge in [-0.15, -0.1) is 0 Å². The maximum absolute atomic E-state index is 12.8. The predicted octanol–water partition coefficient (Wildman–Crippen LogP) is 14.8. The Labute approximate surface area is 407 Å². The summed E-state index contributed by atoms with van der Waals surface area (Å²) in [4.78, 5) is 37.1. The van der Waals surface area contributed by atoms with Crippen LogP contribution < -0.4 is 5.11 Å². The number of likely N-dealkylation sites (N-methyl/N-ethyl adjacent to an activating group) is 1. The minimum atomic E-state index is -1.13. The molecule has 0 aromatic carbocycles. The molecule has 0 spiro atoms. The summed E-state index contributed by atoms with van der Waals surface area (Å²) in [7, 11) is 5.40. The smallest absolute Gasteiger partial charge is 0.306 e. The van der Waals surface area contributed by atoms with Crippen molar-refractivity contribution in [3.8, 4) is 0 Å². The van der Waals surface area contributed by atoms with Gasteiger partial charge in [-0.2, -0.15) is 0 Å². The van der Waals surface area contributed by atoms with Crippen molar-refractivity contribution in [1.82, 2.24) is 0 Å². The van der Waals surface area contributed by atoms with Crippen molar-refractivity contribution in [2.75, 3.05) is 41.0 Å². The average Bonchev–Trinajstić information content (AvgIpc) is 3.28. The van der Waals surface area contributed by atoms with Gasteiger partial charge in [0, 0.05) is 19.3 Å². The normalized spacial score (nSPS) is 13.3. The molecule has 0 aromatic rings. The average molecular weight is 926 g/mol. The second-order valence-corrected chi connectivity index (χ2v) is 19.5. The highest BCUT2D eigenvalue weighted by molar-refractivity contribution is 5.70. The molecule has 0 aliphatic heterocycles. The van der Waals surface area contributed by atoms with Crippen molar-refractivity contribution in [2.24, 2.45) is 0 Å². The molecule has 8 heteroatoms. The molecule has 0 aliphatic carbocycles. The maximum atomic E-state index is 12.8. The van der Waals surface area contributed by atoms with Crippen molar-refractivity contribution in [1.29, 1.82) is 0 Å². The number of rotatable bonds is 49. The molecule has 0 aromatic heterocycles. The van der Waals surface area contributed by atoms with Gasteiger partial charge < -0.3 is 28.6 Å². The molecule has 0 amide bonds. The van der Waals surface area contributed by atoms with Gasteiger partial charge in [-0.3, -0.25) is 9.59 Å². The Balaban J connectivity index is 4.28. The van der Waals surface area contributed by atoms with Gasteiger partial charge in [-0.25, -0.2) is 0 Å². The van der Waals surface area contributed by atoms with Crippen molar-refractivity contribution in [3.05, 3.63) is 60.8 Å². The third kappa shape index (κ3) is 46.2. The molecule has 0 heterocycles. The number of unbranched alkanes of at least 4 members (excludes halogenated alkanes) is 25. The highest BCUT2D eigenvalue weighted by Crippen LogP contribution is 2.16. The molecule has 0 N–H and O–H groups in total. The molecule has 0 bridgehead atoms. The van der Waals surface area contributed by atoms with E-state index in [-0.39, 0.29) is 49.1 Å². The lowest BCUT2D eigenvalue weighted by Crippen LogP contribution is -2.55. The Morgan fingerprint density at radius 1 is 0.455 bits per heavy atom. The van der Waals surface area contributed by atoms with Gasteiger partial charge in [0.1, 0.15) is 12.6 Å². The van der Waals surface area contributed by atoms with Crippen LogP contribution in [-0.2, 0) is 28.6 Å². The van der Waals surface area contributed by atoms with Crippen LogP contribution in [0.1, 0.15) is 239 Å². The summed E-state index contributed by atoms with van der Waals surface area (Å²) in [5.74, 6) is -1.78. The number of carboxylic acid groups (broad SMARTS) is 1. The number of ether oxygens (including phenoxy) is 3. The summed E-state index contributed by atoms with van der Waals surface area (Å²) in [6.45, 7) is 4.62. The van der Waals surface area contributed by atoms with E-state index in [1.54, 1.807) is 21.1 Å². The minimum absolute atomic E-state index is 0.0233. The first-order chi connectivity index (χ1) is 32.1. The van der Waals surface area contributed by atoms with Crippen LogP contribution >= 0.6 is 0 Å². The number of aliphatic carboxylic acids is 1. The van der Waals surface area contributed by atoms with Crippen molar-refractivity contribution < 1.29 is 38.2 Å². The fourth-order valence-corrected chi connectivity index (χ4v) is 7.91. The molecule has 0 saturated carbocycles. The fraction of sp³-hybridized carbons (Fsp3) is 0.776. The van der Waals surface area contributed by atoms with Gasteiger partial charge in [0.2, 0.25) is 0 Å². The molecule has 0 fully saturated rings. The van der Waals surface area contributed by atoms with Crippen LogP contribution in [-0.4, -0.2) is 75.5 Å². The van der Waals surface area contributed by atoms with Gasteiger partial charge in [0.25, 0.3) is 0 Å². The van der Waals surface area contributed by atoms with Crippen LogP contribution in [0.25, 0.3) is 0 Å². The van der Waals surface area contributed by atoms with E-state index < -0.39 is 18.1 Å². The first-order valence-corrected chi connectivity index (χ1v) is 27.3. The largest absolute Gasteiger partial charge is 0.544 e. The molecule has 0 aliphatic rings. The summed E-state index contributed by atoms with van der Waals surface area (Å²) in [5, 5.41) is 11.7. The van der Waals surface area contributed by atoms with Crippen LogP contribution in [0.3, 0.4) is 0 Å². The maximum Gasteiger partial charge on any atom is 0.306 e. The Hall–Kier alpha value is -2.97. The zero-order valence-electron chi connectivity index (χ0n) is 43.6. The Bertz CT molecular complexity index is 1260. The monoisotopic (exact) mass is 926 g/mol. The first-order valence-electron chi connectivity index (χ1n) is 27.3. The number of carboxylic acids is 1. The molecule has 0 radical (unpaired) electrons. The third-order valence-electron chi connectivity index (χ3n) is 12.2. The number of carbonyl (C=O) groups excluding carboxylic acids is 3. The number of allylic oxidation sites excluding steroid dienone is 10. The van der Waals surface area contributed by atoms with E-state index >= 15 is 0 Å². The summed E-state index contributed by atoms with van der Waals surface area (Å²) >= 11 is 0. The summed E-state index contributed by atoms with van der Waals surface area (Å²) in [6.07, 6.45) is 61.2. The number of carbonyl (C=O) groups is 3. The zero-order valence-corrected chi connectivity index (χ0v) is 43.6. The zero-order chi connectivity index (χ0) is 48.4. The van der Waals surface area contributed by atoms with Gasteiger partial charge in [0.05, 0.1) is 40.3 Å². The summed E-state index contributed by atoms with van der Waals surface area (Å²) < 4.78 is 17.2. The molecule has 8 nitrogen and oxygen atoms in total. The lowest BCUT2D eigenvalue weighted by atomic mass is 10.0. The SMILES string of the molecule is CCCCC/C=C/C/C=C/C/C=C/C/C=C/C/C=C/CCCCC(=O)OC(COCCC(C(=O)[O-])[N+](C)(C)C)COC(=O)CCCCCCCCCCCCCCCCCCCCCCC. The topological polar surface area (TPSA) is 102 Å². The van der Waals surface area contributed by atoms with Gasteiger partial charge in [-0.05, 0) is 64.2 Å². The van der Waals surface area contributed by atoms with E-state index in [9.17, 15) is 19.5 Å². The summed E-state index contributed by atoms with van der Waals surface area (Å²) in [5.41, 5.74) is 0. The van der Waals surface area contributed by atoms with Crippen LogP contribution in [0.5, 0.6) is 0 Å². The molecular formula is C58H103NO7. The Morgan fingerprint density at radius 2 is 0.803 bits per heavy atom. The van der Waals surface area contributed by atoms with Crippen molar-refractivity contribution in [3.63, 3.8) is 0 Å². The molecule has 382 valence electrons. The van der Waals surface area contributed by atoms with Gasteiger partial charge >= 0.3 is 11.9 Å². The van der Waals surface area contributed by atoms with Crippen molar-refractivity contribution in [2.45, 2.75) is 251 Å². The predicted molar refractivity (Wildman–Crippen MR) is 277 cm³/mol. The molecule has 66 heavy (non-hydrogen) atoms. The highest BCUT2D eigenvalue weighted by Gasteiger charge is 2.25. The second-order valence-electron chi connectivity index (χ2n) is 19.5. The summed E-state index contributed by atoms with van der Waals surface area (Å²) in [6, 6.07) is -0.736. The molecule has 0 saturated heterocycles. The van der Waals surface area contributed by atoms with Gasteiger partial charge in [-0.1, -0.05) is 216 Å². The second kappa shape index (κ2) is 48.5. The fourth-order valence-electron chi connectivity index (χ4n) is 7.91. The number of esters is 2. The molecule has 0 rings (SSSR count). The lowest BCUT2D eigenvalue weighted by molar-refractivity contribution is -0.889. The lowest BCUT2D eigenvalue weighted by Gasteiger charge is -2.34. The standard InChI is InChI=1S/C58H103NO7/c1-6-8-10-12-14-16-18-20-22-24-26-28-30-32-34-36-38-40-42-44-46-48-56(60)65-53-54(52-64-51-50-55(58(62)63)59(3,4)5)66-57(61)49-47-45-43-41-39-37-35-33-31-29-27-25-23-21-19-17-15-13-11-9-7-2/h15,17,21,23,27,29,33,35,39,41,54-55H,6-14,16,18-20,22,24-26,28,30-32,34,36-38,40,42-53H2,1-5H3/b17-15+,23-21+,29-27+,35-33+,41-39+. The van der Waals surface area contributed by atoms with Crippen LogP contribution in [0.4, 0.5) is 0 Å². The first kappa shape index (κ1) is 63.0. The molecular weight excluding hydrogens is 823 g/mol. The highest BCUT2D eigenvalue weighted by atomic mass is 16.6. The van der Waals surface area contributed by atoms with Crippen LogP contribution in [0.15, 0.2) is 60.8 Å². The third-order valence-corrected chi connectivity index (χ3v) is 12.2. The van der Waals surface area contributed by atoms with Crippen LogP contribution in [0, 0.1) is 0 Å². The Kier molecular flexibility index (Phi) is 46.3. The van der Waals surface area contributed by atoms with E-state index in [4.69, 9.17) is 14.2 Å². The van der Waals surface area contributed by atoms with Gasteiger partial charge in [0.15, 0.2) is 6.10 Å². The van der Waals surface area contributed by atoms with E-state index in [1.807, 2.05) is 0 Å². The van der Waals surface area contributed by atoms with Crippen LogP contribution in [0.2, 0.25) is 0 Å². The van der Waals surface area contributed by atoms with E-state index in [2.05, 4.69) is 74.6 Å². The van der Waals surface area contributed by atoms with Crippen molar-refractivity contribution >= 4 is 17.9 Å². The number of nitrogens with zero attached hydrogens (tertiary/aromatic N) is 1.